The van der Waals surface area contributed by atoms with Gasteiger partial charge in [0.1, 0.15) is 5.82 Å². The first-order chi connectivity index (χ1) is 7.18. The van der Waals surface area contributed by atoms with Gasteiger partial charge in [-0.1, -0.05) is 18.2 Å². The lowest BCUT2D eigenvalue weighted by Crippen LogP contribution is -2.05. The van der Waals surface area contributed by atoms with Crippen LogP contribution in [0.2, 0.25) is 0 Å². The predicted octanol–water partition coefficient (Wildman–Crippen LogP) is 1.60. The molecule has 0 aliphatic heterocycles. The molecule has 2 aromatic heterocycles. The van der Waals surface area contributed by atoms with Crippen molar-refractivity contribution in [2.45, 2.75) is 6.92 Å². The zero-order valence-corrected chi connectivity index (χ0v) is 8.99. The first-order valence-electron chi connectivity index (χ1n) is 4.42. The highest BCUT2D eigenvalue weighted by molar-refractivity contribution is 6.29. The smallest absolute Gasteiger partial charge is 0.203 e. The molecule has 0 saturated heterocycles. The van der Waals surface area contributed by atoms with Crippen LogP contribution in [0.5, 0.6) is 0 Å². The van der Waals surface area contributed by atoms with E-state index in [-0.39, 0.29) is 0 Å². The molecular weight excluding hydrogens is 214 g/mol. The summed E-state index contributed by atoms with van der Waals surface area (Å²) in [4.78, 5) is 4.16. The van der Waals surface area contributed by atoms with E-state index in [0.29, 0.717) is 23.0 Å². The Morgan fingerprint density at radius 3 is 3.13 bits per heavy atom. The van der Waals surface area contributed by atoms with E-state index in [1.54, 1.807) is 6.20 Å². The predicted molar refractivity (Wildman–Crippen MR) is 59.0 cm³/mol. The minimum atomic E-state index is 0.458. The van der Waals surface area contributed by atoms with Crippen LogP contribution in [-0.4, -0.2) is 26.1 Å². The van der Waals surface area contributed by atoms with Crippen LogP contribution in [0.1, 0.15) is 5.82 Å². The highest BCUT2D eigenvalue weighted by atomic mass is 35.5. The van der Waals surface area contributed by atoms with Crippen molar-refractivity contribution >= 4 is 23.1 Å². The Morgan fingerprint density at radius 2 is 2.40 bits per heavy atom. The lowest BCUT2D eigenvalue weighted by molar-refractivity contribution is 1.00. The minimum Gasteiger partial charge on any atom is -0.362 e. The largest absolute Gasteiger partial charge is 0.362 e. The van der Waals surface area contributed by atoms with Gasteiger partial charge in [0, 0.05) is 17.4 Å². The average molecular weight is 224 g/mol. The number of hydrogen-bond acceptors (Lipinski definition) is 4. The fourth-order valence-electron chi connectivity index (χ4n) is 1.25. The molecular formula is C9H10ClN5. The molecule has 0 fully saturated rings. The molecule has 0 aliphatic rings. The van der Waals surface area contributed by atoms with Crippen LogP contribution >= 0.6 is 11.6 Å². The van der Waals surface area contributed by atoms with Crippen molar-refractivity contribution in [3.63, 3.8) is 0 Å². The Balaban J connectivity index is 2.38. The number of halogens is 1. The van der Waals surface area contributed by atoms with Crippen LogP contribution in [0.15, 0.2) is 24.0 Å². The summed E-state index contributed by atoms with van der Waals surface area (Å²) in [6.07, 6.45) is 3.49. The number of aryl methyl sites for hydroxylation is 1. The van der Waals surface area contributed by atoms with Gasteiger partial charge >= 0.3 is 0 Å². The Kier molecular flexibility index (Phi) is 2.55. The Labute approximate surface area is 91.8 Å². The number of nitrogens with one attached hydrogen (secondary N) is 1. The van der Waals surface area contributed by atoms with Gasteiger partial charge in [0.05, 0.1) is 6.54 Å². The Morgan fingerprint density at radius 1 is 1.60 bits per heavy atom. The molecule has 5 nitrogen and oxygen atoms in total. The third-order valence-corrected chi connectivity index (χ3v) is 2.08. The molecule has 0 amide bonds. The summed E-state index contributed by atoms with van der Waals surface area (Å²) in [5.41, 5.74) is 0.688. The van der Waals surface area contributed by atoms with E-state index < -0.39 is 0 Å². The maximum absolute atomic E-state index is 5.66. The van der Waals surface area contributed by atoms with Gasteiger partial charge in [0.15, 0.2) is 5.82 Å². The maximum atomic E-state index is 5.66. The minimum absolute atomic E-state index is 0.458. The van der Waals surface area contributed by atoms with E-state index in [1.807, 2.05) is 17.5 Å². The highest BCUT2D eigenvalue weighted by Crippen LogP contribution is 2.12. The molecule has 0 aromatic carbocycles. The molecule has 0 aliphatic carbocycles. The monoisotopic (exact) mass is 223 g/mol. The zero-order chi connectivity index (χ0) is 10.8. The number of aromatic nitrogens is 4. The van der Waals surface area contributed by atoms with E-state index in [4.69, 9.17) is 11.6 Å². The lowest BCUT2D eigenvalue weighted by Gasteiger charge is -2.04. The third kappa shape index (κ3) is 1.92. The summed E-state index contributed by atoms with van der Waals surface area (Å²) in [6, 6.07) is 0. The van der Waals surface area contributed by atoms with E-state index in [1.165, 1.54) is 0 Å². The molecule has 0 radical (unpaired) electrons. The van der Waals surface area contributed by atoms with Gasteiger partial charge in [-0.2, -0.15) is 0 Å². The Hall–Kier alpha value is -1.62. The van der Waals surface area contributed by atoms with Gasteiger partial charge in [-0.15, -0.1) is 10.2 Å². The van der Waals surface area contributed by atoms with E-state index in [9.17, 15) is 0 Å². The summed E-state index contributed by atoms with van der Waals surface area (Å²) >= 11 is 5.66. The molecule has 0 spiro atoms. The molecule has 15 heavy (non-hydrogen) atoms. The number of fused-ring (bicyclic) bond motifs is 1. The molecule has 0 unspecified atom stereocenters. The van der Waals surface area contributed by atoms with Crippen LogP contribution < -0.4 is 5.32 Å². The van der Waals surface area contributed by atoms with E-state index >= 15 is 0 Å². The standard InChI is InChI=1S/C9H10ClN5/c1-6(10)5-12-8-9-14-13-7(2)15(9)4-3-11-8/h3-4H,1,5H2,2H3,(H,11,12). The molecule has 1 N–H and O–H groups in total. The van der Waals surface area contributed by atoms with Gasteiger partial charge in [-0.25, -0.2) is 4.98 Å². The van der Waals surface area contributed by atoms with Crippen LogP contribution in [0.3, 0.4) is 0 Å². The average Bonchev–Trinajstić information content (AvgIpc) is 2.58. The quantitative estimate of drug-likeness (QED) is 0.859. The van der Waals surface area contributed by atoms with Gasteiger partial charge in [0.25, 0.3) is 0 Å². The van der Waals surface area contributed by atoms with Crippen LogP contribution in [0, 0.1) is 6.92 Å². The second-order valence-electron chi connectivity index (χ2n) is 3.09. The molecule has 2 rings (SSSR count). The molecule has 0 atom stereocenters. The number of rotatable bonds is 3. The summed E-state index contributed by atoms with van der Waals surface area (Å²) in [5.74, 6) is 1.47. The molecule has 0 saturated carbocycles. The molecule has 6 heteroatoms. The van der Waals surface area contributed by atoms with Gasteiger partial charge in [-0.3, -0.25) is 4.40 Å². The van der Waals surface area contributed by atoms with Crippen molar-refractivity contribution in [3.05, 3.63) is 29.8 Å². The summed E-state index contributed by atoms with van der Waals surface area (Å²) in [5, 5.41) is 11.5. The molecule has 78 valence electrons. The molecule has 2 heterocycles. The second-order valence-corrected chi connectivity index (χ2v) is 3.62. The van der Waals surface area contributed by atoms with Crippen molar-refractivity contribution in [1.82, 2.24) is 19.6 Å². The van der Waals surface area contributed by atoms with Crippen molar-refractivity contribution in [3.8, 4) is 0 Å². The summed E-state index contributed by atoms with van der Waals surface area (Å²) in [7, 11) is 0. The van der Waals surface area contributed by atoms with Crippen molar-refractivity contribution in [2.24, 2.45) is 0 Å². The SMILES string of the molecule is C=C(Cl)CNc1nccn2c(C)nnc12. The molecule has 0 bridgehead atoms. The second kappa shape index (κ2) is 3.86. The fraction of sp³-hybridized carbons (Fsp3) is 0.222. The fourth-order valence-corrected chi connectivity index (χ4v) is 1.31. The highest BCUT2D eigenvalue weighted by Gasteiger charge is 2.06. The number of hydrogen-bond donors (Lipinski definition) is 1. The van der Waals surface area contributed by atoms with Crippen molar-refractivity contribution in [2.75, 3.05) is 11.9 Å². The zero-order valence-electron chi connectivity index (χ0n) is 8.24. The van der Waals surface area contributed by atoms with Crippen LogP contribution in [-0.2, 0) is 0 Å². The van der Waals surface area contributed by atoms with Crippen molar-refractivity contribution in [1.29, 1.82) is 0 Å². The first kappa shape index (κ1) is 9.92. The maximum Gasteiger partial charge on any atom is 0.203 e. The van der Waals surface area contributed by atoms with Gasteiger partial charge in [-0.05, 0) is 6.92 Å². The topological polar surface area (TPSA) is 55.1 Å². The third-order valence-electron chi connectivity index (χ3n) is 1.95. The van der Waals surface area contributed by atoms with Crippen LogP contribution in [0.25, 0.3) is 5.65 Å². The normalized spacial score (nSPS) is 10.5. The number of nitrogens with zero attached hydrogens (tertiary/aromatic N) is 4. The molecule has 2 aromatic rings. The van der Waals surface area contributed by atoms with Crippen molar-refractivity contribution < 1.29 is 0 Å². The van der Waals surface area contributed by atoms with E-state index in [0.717, 1.165) is 5.82 Å². The van der Waals surface area contributed by atoms with Gasteiger partial charge in [0.2, 0.25) is 5.65 Å². The summed E-state index contributed by atoms with van der Waals surface area (Å²) in [6.45, 7) is 5.93. The Bertz CT molecular complexity index is 504. The summed E-state index contributed by atoms with van der Waals surface area (Å²) < 4.78 is 1.85. The first-order valence-corrected chi connectivity index (χ1v) is 4.80. The van der Waals surface area contributed by atoms with E-state index in [2.05, 4.69) is 27.1 Å². The number of anilines is 1. The van der Waals surface area contributed by atoms with Gasteiger partial charge < -0.3 is 5.32 Å². The lowest BCUT2D eigenvalue weighted by atomic mass is 10.5. The van der Waals surface area contributed by atoms with Crippen LogP contribution in [0.4, 0.5) is 5.82 Å².